The number of aryl methyl sites for hydroxylation is 1. The number of carbonyl (C=O) groups is 1. The van der Waals surface area contributed by atoms with Gasteiger partial charge in [-0.3, -0.25) is 9.59 Å². The van der Waals surface area contributed by atoms with Crippen molar-refractivity contribution < 1.29 is 13.6 Å². The number of benzene rings is 2. The van der Waals surface area contributed by atoms with Gasteiger partial charge in [0.1, 0.15) is 17.5 Å². The Kier molecular flexibility index (Phi) is 5.42. The number of hydrogen-bond donors (Lipinski definition) is 1. The normalized spacial score (nSPS) is 15.6. The summed E-state index contributed by atoms with van der Waals surface area (Å²) in [5, 5.41) is 3.18. The number of hydrogen-bond acceptors (Lipinski definition) is 4. The van der Waals surface area contributed by atoms with Crippen molar-refractivity contribution in [1.82, 2.24) is 9.55 Å². The molecular weight excluding hydrogens is 408 g/mol. The molecule has 30 heavy (non-hydrogen) atoms. The first-order valence-electron chi connectivity index (χ1n) is 9.37. The minimum atomic E-state index is -0.763. The second-order valence-corrected chi connectivity index (χ2v) is 8.25. The largest absolute Gasteiger partial charge is 0.312 e. The van der Waals surface area contributed by atoms with Crippen molar-refractivity contribution in [3.05, 3.63) is 86.7 Å². The zero-order chi connectivity index (χ0) is 21.4. The molecule has 1 N–H and O–H groups in total. The Balaban J connectivity index is 1.72. The third kappa shape index (κ3) is 4.00. The number of nitrogens with one attached hydrogen (secondary N) is 1. The van der Waals surface area contributed by atoms with Crippen LogP contribution in [0.15, 0.2) is 52.4 Å². The van der Waals surface area contributed by atoms with E-state index in [9.17, 15) is 18.4 Å². The van der Waals surface area contributed by atoms with Gasteiger partial charge in [0.05, 0.1) is 5.56 Å². The fraction of sp³-hybridized carbons (Fsp3) is 0.227. The van der Waals surface area contributed by atoms with E-state index in [1.807, 2.05) is 31.2 Å². The van der Waals surface area contributed by atoms with Crippen LogP contribution in [0.25, 0.3) is 0 Å². The van der Waals surface area contributed by atoms with Crippen LogP contribution in [0.1, 0.15) is 34.6 Å². The number of fused-ring (bicyclic) bond motifs is 1. The molecule has 0 bridgehead atoms. The molecule has 0 radical (unpaired) electrons. The van der Waals surface area contributed by atoms with Crippen LogP contribution in [0.3, 0.4) is 0 Å². The van der Waals surface area contributed by atoms with Crippen LogP contribution in [0.5, 0.6) is 0 Å². The van der Waals surface area contributed by atoms with Gasteiger partial charge >= 0.3 is 0 Å². The maximum absolute atomic E-state index is 13.7. The summed E-state index contributed by atoms with van der Waals surface area (Å²) in [6, 6.07) is 11.1. The van der Waals surface area contributed by atoms with Gasteiger partial charge in [-0.15, -0.1) is 0 Å². The summed E-state index contributed by atoms with van der Waals surface area (Å²) in [4.78, 5) is 29.4. The smallest absolute Gasteiger partial charge is 0.279 e. The van der Waals surface area contributed by atoms with Gasteiger partial charge in [0.2, 0.25) is 5.91 Å². The number of aromatic nitrogens is 2. The van der Waals surface area contributed by atoms with Gasteiger partial charge in [0.15, 0.2) is 5.16 Å². The monoisotopic (exact) mass is 427 g/mol. The number of carbonyl (C=O) groups excluding carboxylic acids is 1. The molecule has 1 aliphatic heterocycles. The highest BCUT2D eigenvalue weighted by Gasteiger charge is 2.32. The van der Waals surface area contributed by atoms with E-state index in [1.54, 1.807) is 11.6 Å². The fourth-order valence-electron chi connectivity index (χ4n) is 3.56. The third-order valence-corrected chi connectivity index (χ3v) is 6.18. The summed E-state index contributed by atoms with van der Waals surface area (Å²) in [5.74, 6) is -1.69. The van der Waals surface area contributed by atoms with Crippen molar-refractivity contribution in [2.75, 3.05) is 5.32 Å². The first kappa shape index (κ1) is 20.3. The topological polar surface area (TPSA) is 64.0 Å². The highest BCUT2D eigenvalue weighted by Crippen LogP contribution is 2.36. The molecule has 0 aliphatic carbocycles. The Morgan fingerprint density at radius 1 is 1.13 bits per heavy atom. The lowest BCUT2D eigenvalue weighted by Crippen LogP contribution is -2.33. The molecular formula is C22H19F2N3O2S. The van der Waals surface area contributed by atoms with E-state index in [2.05, 4.69) is 10.3 Å². The standard InChI is InChI=1S/C22H19F2N3O2S/c1-12-3-5-13(6-4-12)11-30-22-26-21(29)19-17(10-18(28)25-20(19)27(22)2)14-7-15(23)9-16(24)8-14/h3-9,17H,10-11H2,1-2H3,(H,25,28)/t17-/m1/s1. The number of thioether (sulfide) groups is 1. The van der Waals surface area contributed by atoms with Crippen molar-refractivity contribution in [2.24, 2.45) is 7.05 Å². The molecule has 1 amide bonds. The van der Waals surface area contributed by atoms with Crippen LogP contribution < -0.4 is 10.9 Å². The predicted molar refractivity (Wildman–Crippen MR) is 112 cm³/mol. The highest BCUT2D eigenvalue weighted by molar-refractivity contribution is 7.98. The number of rotatable bonds is 4. The lowest BCUT2D eigenvalue weighted by molar-refractivity contribution is -0.116. The van der Waals surface area contributed by atoms with Gasteiger partial charge in [0, 0.05) is 31.2 Å². The van der Waals surface area contributed by atoms with E-state index >= 15 is 0 Å². The molecule has 0 spiro atoms. The molecule has 0 saturated heterocycles. The Hall–Kier alpha value is -3.00. The predicted octanol–water partition coefficient (Wildman–Crippen LogP) is 4.13. The van der Waals surface area contributed by atoms with Crippen molar-refractivity contribution in [3.8, 4) is 0 Å². The van der Waals surface area contributed by atoms with Crippen molar-refractivity contribution in [3.63, 3.8) is 0 Å². The van der Waals surface area contributed by atoms with E-state index < -0.39 is 23.1 Å². The lowest BCUT2D eigenvalue weighted by Gasteiger charge is -2.27. The van der Waals surface area contributed by atoms with Gasteiger partial charge in [0.25, 0.3) is 5.56 Å². The minimum absolute atomic E-state index is 0.0807. The van der Waals surface area contributed by atoms with Gasteiger partial charge in [-0.25, -0.2) is 8.78 Å². The second kappa shape index (κ2) is 8.02. The molecule has 0 fully saturated rings. The van der Waals surface area contributed by atoms with Gasteiger partial charge in [-0.2, -0.15) is 4.98 Å². The first-order valence-corrected chi connectivity index (χ1v) is 10.4. The molecule has 0 unspecified atom stereocenters. The molecule has 2 heterocycles. The molecule has 4 rings (SSSR count). The van der Waals surface area contributed by atoms with Crippen molar-refractivity contribution in [2.45, 2.75) is 30.2 Å². The summed E-state index contributed by atoms with van der Waals surface area (Å²) in [6.07, 6.45) is -0.0807. The van der Waals surface area contributed by atoms with Crippen LogP contribution in [0.2, 0.25) is 0 Å². The zero-order valence-corrected chi connectivity index (χ0v) is 17.2. The molecule has 154 valence electrons. The number of amides is 1. The van der Waals surface area contributed by atoms with Gasteiger partial charge < -0.3 is 9.88 Å². The van der Waals surface area contributed by atoms with E-state index in [0.717, 1.165) is 29.3 Å². The quantitative estimate of drug-likeness (QED) is 0.502. The number of anilines is 1. The Labute approximate surface area is 176 Å². The summed E-state index contributed by atoms with van der Waals surface area (Å²) < 4.78 is 29.1. The molecule has 3 aromatic rings. The van der Waals surface area contributed by atoms with Crippen LogP contribution in [0, 0.1) is 18.6 Å². The third-order valence-electron chi connectivity index (χ3n) is 5.08. The van der Waals surface area contributed by atoms with Crippen LogP contribution in [-0.2, 0) is 17.6 Å². The highest BCUT2D eigenvalue weighted by atomic mass is 32.2. The maximum Gasteiger partial charge on any atom is 0.279 e. The maximum atomic E-state index is 13.7. The van der Waals surface area contributed by atoms with Gasteiger partial charge in [-0.1, -0.05) is 41.6 Å². The SMILES string of the molecule is Cc1ccc(CSc2nc(=O)c3c(n2C)NC(=O)C[C@@H]3c2cc(F)cc(F)c2)cc1. The van der Waals surface area contributed by atoms with E-state index in [0.29, 0.717) is 16.7 Å². The van der Waals surface area contributed by atoms with Gasteiger partial charge in [-0.05, 0) is 30.2 Å². The Bertz CT molecular complexity index is 1170. The molecule has 8 heteroatoms. The summed E-state index contributed by atoms with van der Waals surface area (Å²) >= 11 is 1.38. The summed E-state index contributed by atoms with van der Waals surface area (Å²) in [7, 11) is 1.71. The van der Waals surface area contributed by atoms with Crippen molar-refractivity contribution in [1.29, 1.82) is 0 Å². The Morgan fingerprint density at radius 3 is 2.47 bits per heavy atom. The second-order valence-electron chi connectivity index (χ2n) is 7.30. The van der Waals surface area contributed by atoms with Crippen molar-refractivity contribution >= 4 is 23.5 Å². The summed E-state index contributed by atoms with van der Waals surface area (Å²) in [5.41, 5.74) is 2.20. The van der Waals surface area contributed by atoms with Crippen LogP contribution in [0.4, 0.5) is 14.6 Å². The average molecular weight is 427 g/mol. The van der Waals surface area contributed by atoms with E-state index in [4.69, 9.17) is 0 Å². The fourth-order valence-corrected chi connectivity index (χ4v) is 4.48. The molecule has 5 nitrogen and oxygen atoms in total. The van der Waals surface area contributed by atoms with E-state index in [1.165, 1.54) is 11.8 Å². The summed E-state index contributed by atoms with van der Waals surface area (Å²) in [6.45, 7) is 2.01. The molecule has 2 aromatic carbocycles. The Morgan fingerprint density at radius 2 is 1.80 bits per heavy atom. The van der Waals surface area contributed by atoms with E-state index in [-0.39, 0.29) is 23.5 Å². The molecule has 1 aromatic heterocycles. The minimum Gasteiger partial charge on any atom is -0.312 e. The molecule has 1 aliphatic rings. The van der Waals surface area contributed by atoms with Crippen LogP contribution in [-0.4, -0.2) is 15.5 Å². The first-order chi connectivity index (χ1) is 14.3. The molecule has 1 atom stereocenters. The average Bonchev–Trinajstić information content (AvgIpc) is 2.69. The lowest BCUT2D eigenvalue weighted by atomic mass is 9.86. The number of halogens is 2. The van der Waals surface area contributed by atoms with Crippen LogP contribution >= 0.6 is 11.8 Å². The zero-order valence-electron chi connectivity index (χ0n) is 16.4. The molecule has 0 saturated carbocycles. The number of nitrogens with zero attached hydrogens (tertiary/aromatic N) is 2.